The van der Waals surface area contributed by atoms with Crippen molar-refractivity contribution >= 4 is 17.2 Å². The first-order chi connectivity index (χ1) is 11.1. The van der Waals surface area contributed by atoms with Crippen LogP contribution < -0.4 is 0 Å². The number of hydrogen-bond acceptors (Lipinski definition) is 4. The van der Waals surface area contributed by atoms with Gasteiger partial charge in [0.2, 0.25) is 0 Å². The number of benzene rings is 1. The van der Waals surface area contributed by atoms with Gasteiger partial charge in [0.25, 0.3) is 5.91 Å². The van der Waals surface area contributed by atoms with Gasteiger partial charge in [-0.25, -0.2) is 4.98 Å². The molecular weight excluding hydrogens is 308 g/mol. The molecule has 0 spiro atoms. The fourth-order valence-electron chi connectivity index (χ4n) is 3.00. The third-order valence-electron chi connectivity index (χ3n) is 4.47. The molecule has 1 amide bonds. The van der Waals surface area contributed by atoms with Crippen LogP contribution in [0.25, 0.3) is 0 Å². The number of nitrogens with zero attached hydrogens (tertiary/aromatic N) is 2. The topological polar surface area (TPSA) is 53.4 Å². The zero-order chi connectivity index (χ0) is 16.2. The van der Waals surface area contributed by atoms with Crippen LogP contribution in [0.2, 0.25) is 0 Å². The number of amides is 1. The maximum Gasteiger partial charge on any atom is 0.265 e. The summed E-state index contributed by atoms with van der Waals surface area (Å²) in [4.78, 5) is 19.6. The first-order valence-electron chi connectivity index (χ1n) is 8.09. The fraction of sp³-hybridized carbons (Fsp3) is 0.444. The lowest BCUT2D eigenvalue weighted by Gasteiger charge is -2.32. The zero-order valence-electron chi connectivity index (χ0n) is 13.3. The molecule has 2 aromatic rings. The van der Waals surface area contributed by atoms with Gasteiger partial charge in [-0.05, 0) is 31.2 Å². The van der Waals surface area contributed by atoms with Gasteiger partial charge in [-0.1, -0.05) is 30.3 Å². The van der Waals surface area contributed by atoms with Crippen molar-refractivity contribution in [3.8, 4) is 0 Å². The molecule has 1 aliphatic rings. The maximum atomic E-state index is 12.6. The van der Waals surface area contributed by atoms with Crippen LogP contribution in [0.3, 0.4) is 0 Å². The average molecular weight is 330 g/mol. The van der Waals surface area contributed by atoms with E-state index in [0.717, 1.165) is 37.4 Å². The molecule has 1 aliphatic heterocycles. The van der Waals surface area contributed by atoms with Crippen molar-refractivity contribution in [1.82, 2.24) is 9.88 Å². The standard InChI is InChI=1S/C18H22N2O2S/c1-13(21)15-7-9-20(10-8-15)18(22)16-12-19-17(23-16)11-14-5-3-2-4-6-14/h2-6,12-13,15,21H,7-11H2,1H3. The summed E-state index contributed by atoms with van der Waals surface area (Å²) in [7, 11) is 0. The van der Waals surface area contributed by atoms with E-state index < -0.39 is 0 Å². The van der Waals surface area contributed by atoms with Gasteiger partial charge in [-0.3, -0.25) is 4.79 Å². The van der Waals surface area contributed by atoms with E-state index in [1.54, 1.807) is 6.20 Å². The molecule has 1 unspecified atom stereocenters. The van der Waals surface area contributed by atoms with E-state index in [0.29, 0.717) is 10.8 Å². The Morgan fingerprint density at radius 3 is 2.70 bits per heavy atom. The van der Waals surface area contributed by atoms with Gasteiger partial charge in [0.05, 0.1) is 17.3 Å². The summed E-state index contributed by atoms with van der Waals surface area (Å²) in [6, 6.07) is 10.2. The van der Waals surface area contributed by atoms with Crippen molar-refractivity contribution in [1.29, 1.82) is 0 Å². The van der Waals surface area contributed by atoms with Crippen molar-refractivity contribution in [2.75, 3.05) is 13.1 Å². The number of aliphatic hydroxyl groups excluding tert-OH is 1. The number of piperidine rings is 1. The molecule has 0 bridgehead atoms. The number of likely N-dealkylation sites (tertiary alicyclic amines) is 1. The van der Waals surface area contributed by atoms with E-state index in [9.17, 15) is 9.90 Å². The van der Waals surface area contributed by atoms with Crippen molar-refractivity contribution < 1.29 is 9.90 Å². The molecule has 0 aliphatic carbocycles. The van der Waals surface area contributed by atoms with Crippen LogP contribution in [0.1, 0.15) is 40.0 Å². The van der Waals surface area contributed by atoms with Crippen LogP contribution in [0, 0.1) is 5.92 Å². The molecular formula is C18H22N2O2S. The van der Waals surface area contributed by atoms with E-state index in [1.165, 1.54) is 16.9 Å². The first kappa shape index (κ1) is 16.1. The number of thiazole rings is 1. The Morgan fingerprint density at radius 2 is 2.04 bits per heavy atom. The highest BCUT2D eigenvalue weighted by Gasteiger charge is 2.26. The number of carbonyl (C=O) groups excluding carboxylic acids is 1. The molecule has 1 N–H and O–H groups in total. The number of aromatic nitrogens is 1. The number of carbonyl (C=O) groups is 1. The summed E-state index contributed by atoms with van der Waals surface area (Å²) < 4.78 is 0. The Morgan fingerprint density at radius 1 is 1.35 bits per heavy atom. The molecule has 1 atom stereocenters. The van der Waals surface area contributed by atoms with E-state index in [1.807, 2.05) is 30.0 Å². The normalized spacial score (nSPS) is 17.2. The van der Waals surface area contributed by atoms with Gasteiger partial charge in [0, 0.05) is 19.5 Å². The minimum Gasteiger partial charge on any atom is -0.393 e. The predicted molar refractivity (Wildman–Crippen MR) is 91.7 cm³/mol. The number of hydrogen-bond donors (Lipinski definition) is 1. The van der Waals surface area contributed by atoms with Crippen LogP contribution in [0.4, 0.5) is 0 Å². The predicted octanol–water partition coefficient (Wildman–Crippen LogP) is 2.97. The van der Waals surface area contributed by atoms with Crippen molar-refractivity contribution in [3.63, 3.8) is 0 Å². The molecule has 3 rings (SSSR count). The quantitative estimate of drug-likeness (QED) is 0.938. The summed E-state index contributed by atoms with van der Waals surface area (Å²) in [5.41, 5.74) is 1.21. The second-order valence-corrected chi connectivity index (χ2v) is 7.27. The van der Waals surface area contributed by atoms with Gasteiger partial charge in [-0.15, -0.1) is 11.3 Å². The Balaban J connectivity index is 1.61. The average Bonchev–Trinajstić information content (AvgIpc) is 3.03. The van der Waals surface area contributed by atoms with Gasteiger partial charge < -0.3 is 10.0 Å². The Labute approximate surface area is 140 Å². The lowest BCUT2D eigenvalue weighted by atomic mass is 9.92. The summed E-state index contributed by atoms with van der Waals surface area (Å²) in [6.07, 6.45) is 3.93. The zero-order valence-corrected chi connectivity index (χ0v) is 14.1. The van der Waals surface area contributed by atoms with Gasteiger partial charge in [0.1, 0.15) is 4.88 Å². The summed E-state index contributed by atoms with van der Waals surface area (Å²) in [6.45, 7) is 3.28. The van der Waals surface area contributed by atoms with Gasteiger partial charge in [-0.2, -0.15) is 0 Å². The smallest absolute Gasteiger partial charge is 0.265 e. The molecule has 23 heavy (non-hydrogen) atoms. The minimum absolute atomic E-state index is 0.0749. The SMILES string of the molecule is CC(O)C1CCN(C(=O)c2cnc(Cc3ccccc3)s2)CC1. The number of rotatable bonds is 4. The maximum absolute atomic E-state index is 12.6. The molecule has 1 aromatic carbocycles. The van der Waals surface area contributed by atoms with Crippen LogP contribution >= 0.6 is 11.3 Å². The van der Waals surface area contributed by atoms with E-state index in [2.05, 4.69) is 17.1 Å². The lowest BCUT2D eigenvalue weighted by Crippen LogP contribution is -2.40. The second-order valence-electron chi connectivity index (χ2n) is 6.15. The Hall–Kier alpha value is -1.72. The Kier molecular flexibility index (Phi) is 5.08. The lowest BCUT2D eigenvalue weighted by molar-refractivity contribution is 0.0525. The first-order valence-corrected chi connectivity index (χ1v) is 8.91. The highest BCUT2D eigenvalue weighted by atomic mass is 32.1. The third kappa shape index (κ3) is 3.98. The molecule has 1 fully saturated rings. The second kappa shape index (κ2) is 7.23. The van der Waals surface area contributed by atoms with Crippen molar-refractivity contribution in [2.24, 2.45) is 5.92 Å². The van der Waals surface area contributed by atoms with Crippen molar-refractivity contribution in [3.05, 3.63) is 52.0 Å². The minimum atomic E-state index is -0.284. The monoisotopic (exact) mass is 330 g/mol. The summed E-state index contributed by atoms with van der Waals surface area (Å²) >= 11 is 1.48. The molecule has 0 saturated carbocycles. The van der Waals surface area contributed by atoms with Crippen LogP contribution in [-0.2, 0) is 6.42 Å². The molecule has 1 saturated heterocycles. The summed E-state index contributed by atoms with van der Waals surface area (Å²) in [5.74, 6) is 0.389. The molecule has 0 radical (unpaired) electrons. The van der Waals surface area contributed by atoms with E-state index in [-0.39, 0.29) is 12.0 Å². The third-order valence-corrected chi connectivity index (χ3v) is 5.46. The van der Waals surface area contributed by atoms with E-state index in [4.69, 9.17) is 0 Å². The van der Waals surface area contributed by atoms with Crippen molar-refractivity contribution in [2.45, 2.75) is 32.3 Å². The highest BCUT2D eigenvalue weighted by Crippen LogP contribution is 2.24. The Bertz CT molecular complexity index is 646. The van der Waals surface area contributed by atoms with Gasteiger partial charge in [0.15, 0.2) is 0 Å². The molecule has 122 valence electrons. The molecule has 4 nitrogen and oxygen atoms in total. The number of aliphatic hydroxyl groups is 1. The fourth-order valence-corrected chi connectivity index (χ4v) is 3.92. The summed E-state index contributed by atoms with van der Waals surface area (Å²) in [5, 5.41) is 10.6. The molecule has 1 aromatic heterocycles. The van der Waals surface area contributed by atoms with Gasteiger partial charge >= 0.3 is 0 Å². The van der Waals surface area contributed by atoms with E-state index >= 15 is 0 Å². The van der Waals surface area contributed by atoms with Crippen LogP contribution in [0.15, 0.2) is 36.5 Å². The molecule has 5 heteroatoms. The van der Waals surface area contributed by atoms with Crippen LogP contribution in [0.5, 0.6) is 0 Å². The largest absolute Gasteiger partial charge is 0.393 e. The van der Waals surface area contributed by atoms with Crippen LogP contribution in [-0.4, -0.2) is 40.1 Å². The highest BCUT2D eigenvalue weighted by molar-refractivity contribution is 7.13. The molecule has 2 heterocycles.